The Bertz CT molecular complexity index is 724. The summed E-state index contributed by atoms with van der Waals surface area (Å²) in [5, 5.41) is 0. The lowest BCUT2D eigenvalue weighted by Gasteiger charge is -2.36. The van der Waals surface area contributed by atoms with Crippen LogP contribution in [0.5, 0.6) is 0 Å². The van der Waals surface area contributed by atoms with E-state index in [9.17, 15) is 8.42 Å². The molecule has 0 amide bonds. The van der Waals surface area contributed by atoms with Crippen LogP contribution in [-0.2, 0) is 10.0 Å². The summed E-state index contributed by atoms with van der Waals surface area (Å²) in [5.74, 6) is 1.21. The topological polar surface area (TPSA) is 108 Å². The molecule has 2 fully saturated rings. The zero-order valence-corrected chi connectivity index (χ0v) is 18.7. The number of rotatable bonds is 4. The molecule has 2 saturated heterocycles. The van der Waals surface area contributed by atoms with E-state index in [1.54, 1.807) is 22.8 Å². The predicted molar refractivity (Wildman–Crippen MR) is 117 cm³/mol. The van der Waals surface area contributed by atoms with Gasteiger partial charge in [-0.1, -0.05) is 6.42 Å². The number of piperazine rings is 1. The fourth-order valence-electron chi connectivity index (χ4n) is 3.48. The number of nitrogens with two attached hydrogens (primary N) is 1. The monoisotopic (exact) mass is 509 g/mol. The Hall–Kier alpha value is -1.21. The van der Waals surface area contributed by atoms with Crippen molar-refractivity contribution in [1.29, 1.82) is 0 Å². The molecule has 1 aromatic heterocycles. The molecule has 3 heterocycles. The van der Waals surface area contributed by atoms with E-state index in [1.165, 1.54) is 6.26 Å². The number of sulfonamides is 1. The smallest absolute Gasteiger partial charge is 0.225 e. The van der Waals surface area contributed by atoms with Gasteiger partial charge in [-0.25, -0.2) is 18.4 Å². The average molecular weight is 509 g/mol. The Labute approximate surface area is 178 Å². The van der Waals surface area contributed by atoms with Crippen molar-refractivity contribution in [2.45, 2.75) is 25.3 Å². The van der Waals surface area contributed by atoms with Gasteiger partial charge in [-0.3, -0.25) is 4.99 Å². The number of halogens is 1. The lowest BCUT2D eigenvalue weighted by Crippen LogP contribution is -2.52. The number of hydrogen-bond acceptors (Lipinski definition) is 6. The molecule has 9 nitrogen and oxygen atoms in total. The van der Waals surface area contributed by atoms with Crippen LogP contribution in [0.1, 0.15) is 19.3 Å². The number of piperidine rings is 1. The van der Waals surface area contributed by atoms with Gasteiger partial charge in [0.15, 0.2) is 5.96 Å². The van der Waals surface area contributed by atoms with Gasteiger partial charge in [-0.05, 0) is 18.9 Å². The maximum Gasteiger partial charge on any atom is 0.225 e. The van der Waals surface area contributed by atoms with Crippen molar-refractivity contribution in [1.82, 2.24) is 19.2 Å². The Morgan fingerprint density at radius 1 is 1.19 bits per heavy atom. The molecule has 152 valence electrons. The molecule has 0 bridgehead atoms. The molecule has 3 rings (SSSR count). The predicted octanol–water partition coefficient (Wildman–Crippen LogP) is 0.345. The van der Waals surface area contributed by atoms with Crippen molar-refractivity contribution >= 4 is 45.9 Å². The van der Waals surface area contributed by atoms with Crippen LogP contribution >= 0.6 is 24.0 Å². The zero-order chi connectivity index (χ0) is 18.6. The third-order valence-electron chi connectivity index (χ3n) is 4.90. The zero-order valence-electron chi connectivity index (χ0n) is 15.6. The number of nitrogens with zero attached hydrogens (tertiary/aromatic N) is 6. The van der Waals surface area contributed by atoms with Gasteiger partial charge in [-0.15, -0.1) is 24.0 Å². The number of anilines is 1. The van der Waals surface area contributed by atoms with Gasteiger partial charge in [0.25, 0.3) is 0 Å². The molecule has 1 aromatic rings. The van der Waals surface area contributed by atoms with Crippen LogP contribution in [0.2, 0.25) is 0 Å². The van der Waals surface area contributed by atoms with E-state index in [-0.39, 0.29) is 30.0 Å². The van der Waals surface area contributed by atoms with Gasteiger partial charge in [0.05, 0.1) is 12.8 Å². The van der Waals surface area contributed by atoms with Crippen LogP contribution in [0.4, 0.5) is 5.95 Å². The molecule has 2 aliphatic heterocycles. The molecule has 0 aliphatic carbocycles. The lowest BCUT2D eigenvalue weighted by molar-refractivity contribution is 0.258. The lowest BCUT2D eigenvalue weighted by atomic mass is 10.1. The number of aliphatic imine (C=N–C) groups is 1. The van der Waals surface area contributed by atoms with Crippen molar-refractivity contribution in [2.24, 2.45) is 10.7 Å². The highest BCUT2D eigenvalue weighted by molar-refractivity contribution is 14.0. The Morgan fingerprint density at radius 2 is 1.85 bits per heavy atom. The highest BCUT2D eigenvalue weighted by Crippen LogP contribution is 2.20. The van der Waals surface area contributed by atoms with Crippen molar-refractivity contribution in [3.05, 3.63) is 18.5 Å². The first-order valence-electron chi connectivity index (χ1n) is 8.99. The second-order valence-corrected chi connectivity index (χ2v) is 8.68. The van der Waals surface area contributed by atoms with Crippen molar-refractivity contribution < 1.29 is 8.42 Å². The Kier molecular flexibility index (Phi) is 8.04. The van der Waals surface area contributed by atoms with Gasteiger partial charge >= 0.3 is 0 Å². The summed E-state index contributed by atoms with van der Waals surface area (Å²) in [4.78, 5) is 17.2. The fourth-order valence-corrected chi connectivity index (χ4v) is 4.66. The van der Waals surface area contributed by atoms with E-state index < -0.39 is 10.0 Å². The second-order valence-electron chi connectivity index (χ2n) is 6.75. The maximum absolute atomic E-state index is 11.9. The minimum Gasteiger partial charge on any atom is -0.370 e. The SMILES string of the molecule is CS(=O)(=O)N1CCCCC1CN=C(N)N1CCN(c2ncccn2)CC1.I. The van der Waals surface area contributed by atoms with Gasteiger partial charge < -0.3 is 15.5 Å². The molecule has 2 N–H and O–H groups in total. The highest BCUT2D eigenvalue weighted by atomic mass is 127. The van der Waals surface area contributed by atoms with E-state index >= 15 is 0 Å². The molecule has 11 heteroatoms. The molecule has 0 aromatic carbocycles. The average Bonchev–Trinajstić information content (AvgIpc) is 2.66. The molecular formula is C16H28IN7O2S. The summed E-state index contributed by atoms with van der Waals surface area (Å²) in [6, 6.07) is 1.71. The maximum atomic E-state index is 11.9. The summed E-state index contributed by atoms with van der Waals surface area (Å²) < 4.78 is 25.4. The standard InChI is InChI=1S/C16H27N7O2S.HI/c1-26(24,25)23-8-3-2-5-14(23)13-20-15(17)21-9-11-22(12-10-21)16-18-6-4-7-19-16;/h4,6-7,14H,2-3,5,8-13H2,1H3,(H2,17,20);1H. The first kappa shape index (κ1) is 22.1. The van der Waals surface area contributed by atoms with Crippen LogP contribution in [0.25, 0.3) is 0 Å². The van der Waals surface area contributed by atoms with Gasteiger partial charge in [0, 0.05) is 51.2 Å². The van der Waals surface area contributed by atoms with Gasteiger partial charge in [0.2, 0.25) is 16.0 Å². The third kappa shape index (κ3) is 5.88. The van der Waals surface area contributed by atoms with Crippen LogP contribution in [-0.4, -0.2) is 85.1 Å². The second kappa shape index (κ2) is 9.82. The molecular weight excluding hydrogens is 481 g/mol. The van der Waals surface area contributed by atoms with E-state index in [4.69, 9.17) is 5.73 Å². The van der Waals surface area contributed by atoms with Crippen molar-refractivity contribution in [2.75, 3.05) is 50.4 Å². The summed E-state index contributed by atoms with van der Waals surface area (Å²) >= 11 is 0. The summed E-state index contributed by atoms with van der Waals surface area (Å²) in [5.41, 5.74) is 6.16. The molecule has 0 spiro atoms. The van der Waals surface area contributed by atoms with Gasteiger partial charge in [0.1, 0.15) is 0 Å². The molecule has 27 heavy (non-hydrogen) atoms. The van der Waals surface area contributed by atoms with Crippen LogP contribution < -0.4 is 10.6 Å². The van der Waals surface area contributed by atoms with E-state index in [0.29, 0.717) is 19.0 Å². The van der Waals surface area contributed by atoms with E-state index in [1.807, 2.05) is 4.90 Å². The molecule has 2 aliphatic rings. The first-order chi connectivity index (χ1) is 12.4. The molecule has 1 atom stereocenters. The molecule has 0 radical (unpaired) electrons. The van der Waals surface area contributed by atoms with Crippen LogP contribution in [0.15, 0.2) is 23.5 Å². The van der Waals surface area contributed by atoms with E-state index in [2.05, 4.69) is 19.9 Å². The minimum absolute atomic E-state index is 0. The largest absolute Gasteiger partial charge is 0.370 e. The Morgan fingerprint density at radius 3 is 2.48 bits per heavy atom. The summed E-state index contributed by atoms with van der Waals surface area (Å²) in [6.45, 7) is 4.04. The number of guanidine groups is 1. The number of hydrogen-bond donors (Lipinski definition) is 1. The first-order valence-corrected chi connectivity index (χ1v) is 10.8. The van der Waals surface area contributed by atoms with Gasteiger partial charge in [-0.2, -0.15) is 4.31 Å². The summed E-state index contributed by atoms with van der Waals surface area (Å²) in [7, 11) is -3.20. The van der Waals surface area contributed by atoms with Crippen molar-refractivity contribution in [3.63, 3.8) is 0 Å². The van der Waals surface area contributed by atoms with Crippen LogP contribution in [0, 0.1) is 0 Å². The molecule has 0 saturated carbocycles. The minimum atomic E-state index is -3.20. The molecule has 1 unspecified atom stereocenters. The summed E-state index contributed by atoms with van der Waals surface area (Å²) in [6.07, 6.45) is 7.52. The highest BCUT2D eigenvalue weighted by Gasteiger charge is 2.29. The van der Waals surface area contributed by atoms with E-state index in [0.717, 1.165) is 51.4 Å². The number of aromatic nitrogens is 2. The normalized spacial score (nSPS) is 22.4. The van der Waals surface area contributed by atoms with Crippen LogP contribution in [0.3, 0.4) is 0 Å². The quantitative estimate of drug-likeness (QED) is 0.355. The third-order valence-corrected chi connectivity index (χ3v) is 6.23. The fraction of sp³-hybridized carbons (Fsp3) is 0.688. The van der Waals surface area contributed by atoms with Crippen molar-refractivity contribution in [3.8, 4) is 0 Å². The Balaban J connectivity index is 0.00000261.